The molecule has 0 aliphatic carbocycles. The number of benzene rings is 1. The summed E-state index contributed by atoms with van der Waals surface area (Å²) in [5.41, 5.74) is 0.740. The lowest BCUT2D eigenvalue weighted by molar-refractivity contribution is 0.0921. The van der Waals surface area contributed by atoms with Gasteiger partial charge in [0.15, 0.2) is 6.61 Å². The number of hydrogen-bond donors (Lipinski definition) is 0. The number of rotatable bonds is 4. The van der Waals surface area contributed by atoms with Crippen LogP contribution in [0.3, 0.4) is 0 Å². The molecule has 0 saturated heterocycles. The lowest BCUT2D eigenvalue weighted by atomic mass is 10.2. The van der Waals surface area contributed by atoms with Crippen molar-refractivity contribution >= 4 is 28.7 Å². The zero-order chi connectivity index (χ0) is 13.1. The summed E-state index contributed by atoms with van der Waals surface area (Å²) in [6.45, 7) is 3.95. The van der Waals surface area contributed by atoms with Crippen LogP contribution >= 0.6 is 22.9 Å². The fourth-order valence-electron chi connectivity index (χ4n) is 1.69. The van der Waals surface area contributed by atoms with E-state index in [1.165, 1.54) is 0 Å². The van der Waals surface area contributed by atoms with Gasteiger partial charge in [-0.05, 0) is 32.0 Å². The Morgan fingerprint density at radius 1 is 1.33 bits per heavy atom. The SMILES string of the molecule is Cc1cc(C(=O)COc2ccccc2Cl)c(C)s1. The fraction of sp³-hybridized carbons (Fsp3) is 0.214. The Balaban J connectivity index is 2.05. The fourth-order valence-corrected chi connectivity index (χ4v) is 2.82. The van der Waals surface area contributed by atoms with Gasteiger partial charge in [0.05, 0.1) is 5.02 Å². The van der Waals surface area contributed by atoms with E-state index >= 15 is 0 Å². The molecule has 0 N–H and O–H groups in total. The standard InChI is InChI=1S/C14H13ClO2S/c1-9-7-11(10(2)18-9)13(16)8-17-14-6-4-3-5-12(14)15/h3-7H,8H2,1-2H3. The molecule has 0 aliphatic rings. The van der Waals surface area contributed by atoms with Crippen molar-refractivity contribution in [1.82, 2.24) is 0 Å². The van der Waals surface area contributed by atoms with E-state index < -0.39 is 0 Å². The Morgan fingerprint density at radius 2 is 2.06 bits per heavy atom. The van der Waals surface area contributed by atoms with Gasteiger partial charge in [-0.2, -0.15) is 0 Å². The average molecular weight is 281 g/mol. The first-order valence-electron chi connectivity index (χ1n) is 5.55. The Morgan fingerprint density at radius 3 is 2.67 bits per heavy atom. The van der Waals surface area contributed by atoms with E-state index in [-0.39, 0.29) is 12.4 Å². The molecule has 0 spiro atoms. The van der Waals surface area contributed by atoms with Crippen molar-refractivity contribution in [3.8, 4) is 5.75 Å². The predicted octanol–water partition coefficient (Wildman–Crippen LogP) is 4.28. The highest BCUT2D eigenvalue weighted by Crippen LogP contribution is 2.24. The Bertz CT molecular complexity index is 575. The number of para-hydroxylation sites is 1. The van der Waals surface area contributed by atoms with Gasteiger partial charge in [-0.15, -0.1) is 11.3 Å². The highest BCUT2D eigenvalue weighted by atomic mass is 35.5. The lowest BCUT2D eigenvalue weighted by Gasteiger charge is -2.06. The van der Waals surface area contributed by atoms with Gasteiger partial charge in [-0.3, -0.25) is 4.79 Å². The third kappa shape index (κ3) is 2.92. The Labute approximate surface area is 115 Å². The maximum absolute atomic E-state index is 12.0. The Kier molecular flexibility index (Phi) is 4.04. The molecule has 2 aromatic rings. The minimum absolute atomic E-state index is 0.0146. The second-order valence-electron chi connectivity index (χ2n) is 3.97. The molecule has 2 rings (SSSR count). The molecule has 18 heavy (non-hydrogen) atoms. The minimum Gasteiger partial charge on any atom is -0.484 e. The highest BCUT2D eigenvalue weighted by molar-refractivity contribution is 7.12. The van der Waals surface area contributed by atoms with Gasteiger partial charge in [0.1, 0.15) is 5.75 Å². The maximum Gasteiger partial charge on any atom is 0.201 e. The second-order valence-corrected chi connectivity index (χ2v) is 5.84. The summed E-state index contributed by atoms with van der Waals surface area (Å²) < 4.78 is 5.44. The van der Waals surface area contributed by atoms with Crippen LogP contribution in [0.2, 0.25) is 5.02 Å². The molecule has 0 unspecified atom stereocenters. The van der Waals surface area contributed by atoms with Gasteiger partial charge < -0.3 is 4.74 Å². The van der Waals surface area contributed by atoms with Gasteiger partial charge in [0, 0.05) is 15.3 Å². The van der Waals surface area contributed by atoms with Crippen LogP contribution in [0, 0.1) is 13.8 Å². The van der Waals surface area contributed by atoms with Crippen LogP contribution in [0.5, 0.6) is 5.75 Å². The first kappa shape index (κ1) is 13.1. The third-order valence-corrected chi connectivity index (χ3v) is 3.81. The number of aryl methyl sites for hydroxylation is 2. The van der Waals surface area contributed by atoms with Crippen LogP contribution in [0.15, 0.2) is 30.3 Å². The van der Waals surface area contributed by atoms with E-state index in [0.717, 1.165) is 15.3 Å². The molecular formula is C14H13ClO2S. The van der Waals surface area contributed by atoms with Crippen LogP contribution in [0.25, 0.3) is 0 Å². The first-order chi connectivity index (χ1) is 8.58. The van der Waals surface area contributed by atoms with E-state index in [2.05, 4.69) is 0 Å². The molecule has 0 radical (unpaired) electrons. The maximum atomic E-state index is 12.0. The largest absolute Gasteiger partial charge is 0.484 e. The molecule has 2 nitrogen and oxygen atoms in total. The number of ketones is 1. The zero-order valence-corrected chi connectivity index (χ0v) is 11.8. The van der Waals surface area contributed by atoms with Crippen molar-refractivity contribution < 1.29 is 9.53 Å². The summed E-state index contributed by atoms with van der Waals surface area (Å²) in [5.74, 6) is 0.522. The topological polar surface area (TPSA) is 26.3 Å². The number of carbonyl (C=O) groups is 1. The van der Waals surface area contributed by atoms with Crippen LogP contribution in [-0.2, 0) is 0 Å². The third-order valence-electron chi connectivity index (χ3n) is 2.54. The van der Waals surface area contributed by atoms with E-state index in [1.54, 1.807) is 23.5 Å². The van der Waals surface area contributed by atoms with Crippen LogP contribution in [0.1, 0.15) is 20.1 Å². The monoisotopic (exact) mass is 280 g/mol. The molecule has 0 atom stereocenters. The summed E-state index contributed by atoms with van der Waals surface area (Å²) in [6.07, 6.45) is 0. The van der Waals surface area contributed by atoms with Crippen molar-refractivity contribution in [2.45, 2.75) is 13.8 Å². The molecule has 0 bridgehead atoms. The predicted molar refractivity (Wildman–Crippen MR) is 75.1 cm³/mol. The molecule has 1 aromatic heterocycles. The van der Waals surface area contributed by atoms with Gasteiger partial charge in [0.2, 0.25) is 5.78 Å². The van der Waals surface area contributed by atoms with Crippen molar-refractivity contribution in [1.29, 1.82) is 0 Å². The number of thiophene rings is 1. The average Bonchev–Trinajstić information content (AvgIpc) is 2.67. The van der Waals surface area contributed by atoms with E-state index in [9.17, 15) is 4.79 Å². The van der Waals surface area contributed by atoms with E-state index in [1.807, 2.05) is 32.0 Å². The molecule has 0 amide bonds. The summed E-state index contributed by atoms with van der Waals surface area (Å²) in [5, 5.41) is 0.517. The lowest BCUT2D eigenvalue weighted by Crippen LogP contribution is -2.11. The molecule has 4 heteroatoms. The Hall–Kier alpha value is -1.32. The normalized spacial score (nSPS) is 10.4. The van der Waals surface area contributed by atoms with Crippen LogP contribution < -0.4 is 4.74 Å². The molecule has 1 aromatic carbocycles. The molecule has 0 fully saturated rings. The van der Waals surface area contributed by atoms with Gasteiger partial charge in [-0.1, -0.05) is 23.7 Å². The van der Waals surface area contributed by atoms with Crippen molar-refractivity contribution in [3.63, 3.8) is 0 Å². The molecular weight excluding hydrogens is 268 g/mol. The number of ether oxygens (including phenoxy) is 1. The molecule has 0 aliphatic heterocycles. The molecule has 0 saturated carbocycles. The highest BCUT2D eigenvalue weighted by Gasteiger charge is 2.13. The second kappa shape index (κ2) is 5.55. The summed E-state index contributed by atoms with van der Waals surface area (Å²) >= 11 is 7.57. The number of halogens is 1. The van der Waals surface area contributed by atoms with Gasteiger partial charge in [-0.25, -0.2) is 0 Å². The van der Waals surface area contributed by atoms with E-state index in [0.29, 0.717) is 10.8 Å². The molecule has 94 valence electrons. The van der Waals surface area contributed by atoms with Crippen molar-refractivity contribution in [2.75, 3.05) is 6.61 Å². The number of hydrogen-bond acceptors (Lipinski definition) is 3. The molecule has 1 heterocycles. The number of Topliss-reactive ketones (excluding diaryl/α,β-unsaturated/α-hetero) is 1. The smallest absolute Gasteiger partial charge is 0.201 e. The minimum atomic E-state index is -0.0169. The van der Waals surface area contributed by atoms with Gasteiger partial charge in [0.25, 0.3) is 0 Å². The van der Waals surface area contributed by atoms with Crippen molar-refractivity contribution in [3.05, 3.63) is 50.7 Å². The quantitative estimate of drug-likeness (QED) is 0.782. The summed E-state index contributed by atoms with van der Waals surface area (Å²) in [7, 11) is 0. The van der Waals surface area contributed by atoms with Crippen molar-refractivity contribution in [2.24, 2.45) is 0 Å². The summed E-state index contributed by atoms with van der Waals surface area (Å²) in [6, 6.07) is 9.04. The van der Waals surface area contributed by atoms with Crippen LogP contribution in [0.4, 0.5) is 0 Å². The van der Waals surface area contributed by atoms with Gasteiger partial charge >= 0.3 is 0 Å². The van der Waals surface area contributed by atoms with E-state index in [4.69, 9.17) is 16.3 Å². The van der Waals surface area contributed by atoms with Crippen LogP contribution in [-0.4, -0.2) is 12.4 Å². The zero-order valence-electron chi connectivity index (χ0n) is 10.2. The number of carbonyl (C=O) groups excluding carboxylic acids is 1. The summed E-state index contributed by atoms with van der Waals surface area (Å²) in [4.78, 5) is 14.2. The first-order valence-corrected chi connectivity index (χ1v) is 6.75.